The molecule has 0 atom stereocenters. The van der Waals surface area contributed by atoms with Crippen molar-refractivity contribution in [2.24, 2.45) is 0 Å². The summed E-state index contributed by atoms with van der Waals surface area (Å²) in [5.41, 5.74) is 2.04. The molecule has 0 fully saturated rings. The number of hydrogen-bond donors (Lipinski definition) is 1. The summed E-state index contributed by atoms with van der Waals surface area (Å²) in [6.45, 7) is 3.98. The predicted octanol–water partition coefficient (Wildman–Crippen LogP) is 4.86. The van der Waals surface area contributed by atoms with Crippen LogP contribution >= 0.6 is 11.3 Å². The Morgan fingerprint density at radius 1 is 1.04 bits per heavy atom. The third-order valence-corrected chi connectivity index (χ3v) is 4.45. The molecule has 3 aromatic rings. The summed E-state index contributed by atoms with van der Waals surface area (Å²) in [4.78, 5) is 16.8. The average Bonchev–Trinajstić information content (AvgIpc) is 3.13. The van der Waals surface area contributed by atoms with Crippen LogP contribution in [0.2, 0.25) is 0 Å². The van der Waals surface area contributed by atoms with Crippen molar-refractivity contribution in [3.05, 3.63) is 59.6 Å². The fraction of sp³-hybridized carbons (Fsp3) is 0.200. The zero-order valence-corrected chi connectivity index (χ0v) is 15.7. The SMILES string of the molecule is COc1ccc(NC(=O)c2csc(-c3ccc(OC(C)C)cc3)n2)cc1. The lowest BCUT2D eigenvalue weighted by Gasteiger charge is -2.09. The smallest absolute Gasteiger partial charge is 0.275 e. The summed E-state index contributed by atoms with van der Waals surface area (Å²) in [5.74, 6) is 1.32. The summed E-state index contributed by atoms with van der Waals surface area (Å²) < 4.78 is 10.7. The topological polar surface area (TPSA) is 60.5 Å². The number of aromatic nitrogens is 1. The molecule has 1 amide bonds. The van der Waals surface area contributed by atoms with Crippen LogP contribution in [0.5, 0.6) is 11.5 Å². The molecule has 6 heteroatoms. The van der Waals surface area contributed by atoms with Gasteiger partial charge in [0.25, 0.3) is 5.91 Å². The number of nitrogens with one attached hydrogen (secondary N) is 1. The second-order valence-electron chi connectivity index (χ2n) is 5.91. The Morgan fingerprint density at radius 3 is 2.31 bits per heavy atom. The number of anilines is 1. The monoisotopic (exact) mass is 368 g/mol. The van der Waals surface area contributed by atoms with Gasteiger partial charge in [0.15, 0.2) is 0 Å². The molecule has 2 aromatic carbocycles. The number of carbonyl (C=O) groups is 1. The summed E-state index contributed by atoms with van der Waals surface area (Å²) in [7, 11) is 1.60. The molecule has 5 nitrogen and oxygen atoms in total. The highest BCUT2D eigenvalue weighted by atomic mass is 32.1. The van der Waals surface area contributed by atoms with Crippen LogP contribution in [-0.2, 0) is 0 Å². The van der Waals surface area contributed by atoms with E-state index in [0.29, 0.717) is 11.4 Å². The number of carbonyl (C=O) groups excluding carboxylic acids is 1. The van der Waals surface area contributed by atoms with Crippen molar-refractivity contribution in [3.63, 3.8) is 0 Å². The van der Waals surface area contributed by atoms with Crippen molar-refractivity contribution in [1.82, 2.24) is 4.98 Å². The largest absolute Gasteiger partial charge is 0.497 e. The first-order chi connectivity index (χ1) is 12.5. The van der Waals surface area contributed by atoms with Crippen LogP contribution in [0.3, 0.4) is 0 Å². The van der Waals surface area contributed by atoms with Crippen LogP contribution in [0.15, 0.2) is 53.9 Å². The molecule has 134 valence electrons. The van der Waals surface area contributed by atoms with E-state index in [1.807, 2.05) is 38.1 Å². The summed E-state index contributed by atoms with van der Waals surface area (Å²) in [6, 6.07) is 14.9. The van der Waals surface area contributed by atoms with E-state index < -0.39 is 0 Å². The average molecular weight is 368 g/mol. The number of ether oxygens (including phenoxy) is 2. The fourth-order valence-corrected chi connectivity index (χ4v) is 3.13. The highest BCUT2D eigenvalue weighted by Crippen LogP contribution is 2.26. The highest BCUT2D eigenvalue weighted by Gasteiger charge is 2.12. The van der Waals surface area contributed by atoms with Crippen molar-refractivity contribution in [3.8, 4) is 22.1 Å². The van der Waals surface area contributed by atoms with Crippen molar-refractivity contribution in [2.75, 3.05) is 12.4 Å². The van der Waals surface area contributed by atoms with Crippen molar-refractivity contribution in [1.29, 1.82) is 0 Å². The zero-order chi connectivity index (χ0) is 18.5. The van der Waals surface area contributed by atoms with Gasteiger partial charge in [0, 0.05) is 16.6 Å². The molecule has 0 aliphatic rings. The van der Waals surface area contributed by atoms with Gasteiger partial charge in [-0.2, -0.15) is 0 Å². The molecule has 0 aliphatic carbocycles. The van der Waals surface area contributed by atoms with E-state index in [1.165, 1.54) is 11.3 Å². The highest BCUT2D eigenvalue weighted by molar-refractivity contribution is 7.13. The summed E-state index contributed by atoms with van der Waals surface area (Å²) in [6.07, 6.45) is 0.133. The molecule has 0 unspecified atom stereocenters. The third kappa shape index (κ3) is 4.40. The third-order valence-electron chi connectivity index (χ3n) is 3.56. The molecule has 1 aromatic heterocycles. The zero-order valence-electron chi connectivity index (χ0n) is 14.9. The molecule has 0 aliphatic heterocycles. The Hall–Kier alpha value is -2.86. The Balaban J connectivity index is 1.69. The first-order valence-electron chi connectivity index (χ1n) is 8.23. The van der Waals surface area contributed by atoms with Gasteiger partial charge in [-0.15, -0.1) is 11.3 Å². The maximum absolute atomic E-state index is 12.4. The maximum Gasteiger partial charge on any atom is 0.275 e. The van der Waals surface area contributed by atoms with Crippen molar-refractivity contribution < 1.29 is 14.3 Å². The first-order valence-corrected chi connectivity index (χ1v) is 9.11. The number of rotatable bonds is 6. The minimum Gasteiger partial charge on any atom is -0.497 e. The van der Waals surface area contributed by atoms with Crippen LogP contribution in [-0.4, -0.2) is 24.1 Å². The number of hydrogen-bond acceptors (Lipinski definition) is 5. The maximum atomic E-state index is 12.4. The van der Waals surface area contributed by atoms with E-state index in [-0.39, 0.29) is 12.0 Å². The van der Waals surface area contributed by atoms with Gasteiger partial charge in [-0.25, -0.2) is 4.98 Å². The second-order valence-corrected chi connectivity index (χ2v) is 6.77. The molecule has 0 saturated carbocycles. The lowest BCUT2D eigenvalue weighted by molar-refractivity contribution is 0.102. The lowest BCUT2D eigenvalue weighted by Crippen LogP contribution is -2.12. The van der Waals surface area contributed by atoms with E-state index in [1.54, 1.807) is 36.8 Å². The van der Waals surface area contributed by atoms with Crippen LogP contribution in [0.25, 0.3) is 10.6 Å². The minimum atomic E-state index is -0.238. The number of thiazole rings is 1. The normalized spacial score (nSPS) is 10.6. The van der Waals surface area contributed by atoms with E-state index in [0.717, 1.165) is 22.1 Å². The van der Waals surface area contributed by atoms with Crippen molar-refractivity contribution in [2.45, 2.75) is 20.0 Å². The van der Waals surface area contributed by atoms with E-state index in [2.05, 4.69) is 10.3 Å². The molecule has 0 radical (unpaired) electrons. The van der Waals surface area contributed by atoms with Gasteiger partial charge in [-0.3, -0.25) is 4.79 Å². The Morgan fingerprint density at radius 2 is 1.69 bits per heavy atom. The molecule has 26 heavy (non-hydrogen) atoms. The van der Waals surface area contributed by atoms with Gasteiger partial charge in [0.05, 0.1) is 13.2 Å². The molecular weight excluding hydrogens is 348 g/mol. The fourth-order valence-electron chi connectivity index (χ4n) is 2.33. The Kier molecular flexibility index (Phi) is 5.53. The van der Waals surface area contributed by atoms with Gasteiger partial charge < -0.3 is 14.8 Å². The molecular formula is C20H20N2O3S. The van der Waals surface area contributed by atoms with E-state index in [9.17, 15) is 4.79 Å². The molecule has 0 bridgehead atoms. The Bertz CT molecular complexity index is 871. The number of methoxy groups -OCH3 is 1. The summed E-state index contributed by atoms with van der Waals surface area (Å²) >= 11 is 1.43. The lowest BCUT2D eigenvalue weighted by atomic mass is 10.2. The van der Waals surface area contributed by atoms with Crippen LogP contribution in [0.4, 0.5) is 5.69 Å². The number of benzene rings is 2. The standard InChI is InChI=1S/C20H20N2O3S/c1-13(2)25-17-8-4-14(5-9-17)20-22-18(12-26-20)19(23)21-15-6-10-16(24-3)11-7-15/h4-13H,1-3H3,(H,21,23). The summed E-state index contributed by atoms with van der Waals surface area (Å²) in [5, 5.41) is 5.38. The van der Waals surface area contributed by atoms with Gasteiger partial charge in [-0.1, -0.05) is 0 Å². The van der Waals surface area contributed by atoms with Crippen molar-refractivity contribution >= 4 is 22.9 Å². The predicted molar refractivity (Wildman–Crippen MR) is 104 cm³/mol. The number of nitrogens with zero attached hydrogens (tertiary/aromatic N) is 1. The number of amides is 1. The molecule has 0 saturated heterocycles. The molecule has 1 heterocycles. The molecule has 0 spiro atoms. The molecule has 3 rings (SSSR count). The van der Waals surface area contributed by atoms with Crippen LogP contribution in [0.1, 0.15) is 24.3 Å². The van der Waals surface area contributed by atoms with Crippen LogP contribution in [0, 0.1) is 0 Å². The van der Waals surface area contributed by atoms with Gasteiger partial charge in [-0.05, 0) is 62.4 Å². The molecule has 1 N–H and O–H groups in total. The van der Waals surface area contributed by atoms with E-state index in [4.69, 9.17) is 9.47 Å². The van der Waals surface area contributed by atoms with Gasteiger partial charge in [0.2, 0.25) is 0 Å². The van der Waals surface area contributed by atoms with Gasteiger partial charge in [0.1, 0.15) is 22.2 Å². The quantitative estimate of drug-likeness (QED) is 0.675. The van der Waals surface area contributed by atoms with Gasteiger partial charge >= 0.3 is 0 Å². The minimum absolute atomic E-state index is 0.133. The van der Waals surface area contributed by atoms with Crippen LogP contribution < -0.4 is 14.8 Å². The second kappa shape index (κ2) is 8.01. The van der Waals surface area contributed by atoms with E-state index >= 15 is 0 Å². The Labute approximate surface area is 156 Å². The first kappa shape index (κ1) is 17.9.